The minimum absolute atomic E-state index is 0.282. The highest BCUT2D eigenvalue weighted by atomic mass is 16.5. The number of urea groups is 1. The van der Waals surface area contributed by atoms with Crippen LogP contribution in [0.15, 0.2) is 59.1 Å². The average molecular weight is 338 g/mol. The largest absolute Gasteiger partial charge is 0.496 e. The number of anilines is 1. The van der Waals surface area contributed by atoms with Crippen molar-refractivity contribution in [3.63, 3.8) is 0 Å². The van der Waals surface area contributed by atoms with Gasteiger partial charge in [0.2, 0.25) is 11.7 Å². The van der Waals surface area contributed by atoms with Crippen LogP contribution in [-0.2, 0) is 6.42 Å². The van der Waals surface area contributed by atoms with Gasteiger partial charge in [0, 0.05) is 18.7 Å². The quantitative estimate of drug-likeness (QED) is 0.721. The number of hydrogen-bond donors (Lipinski definition) is 2. The molecule has 3 aromatic rings. The molecule has 7 heteroatoms. The van der Waals surface area contributed by atoms with Crippen LogP contribution in [0.25, 0.3) is 11.4 Å². The van der Waals surface area contributed by atoms with Crippen LogP contribution in [0.4, 0.5) is 10.5 Å². The molecule has 1 heterocycles. The summed E-state index contributed by atoms with van der Waals surface area (Å²) >= 11 is 0. The molecule has 7 nitrogen and oxygen atoms in total. The van der Waals surface area contributed by atoms with E-state index < -0.39 is 0 Å². The number of aromatic nitrogens is 2. The third-order valence-electron chi connectivity index (χ3n) is 3.47. The van der Waals surface area contributed by atoms with Crippen LogP contribution in [-0.4, -0.2) is 29.8 Å². The summed E-state index contributed by atoms with van der Waals surface area (Å²) in [4.78, 5) is 16.1. The van der Waals surface area contributed by atoms with Gasteiger partial charge in [-0.05, 0) is 24.3 Å². The van der Waals surface area contributed by atoms with Gasteiger partial charge in [-0.3, -0.25) is 0 Å². The van der Waals surface area contributed by atoms with E-state index in [1.165, 1.54) is 0 Å². The number of rotatable bonds is 6. The van der Waals surface area contributed by atoms with Crippen molar-refractivity contribution >= 4 is 11.7 Å². The highest BCUT2D eigenvalue weighted by Crippen LogP contribution is 2.26. The summed E-state index contributed by atoms with van der Waals surface area (Å²) in [6, 6.07) is 16.4. The first-order valence-electron chi connectivity index (χ1n) is 7.82. The molecular formula is C18H18N4O3. The summed E-state index contributed by atoms with van der Waals surface area (Å²) in [5.74, 6) is 1.58. The Kier molecular flexibility index (Phi) is 5.26. The first-order chi connectivity index (χ1) is 12.3. The summed E-state index contributed by atoms with van der Waals surface area (Å²) in [7, 11) is 1.59. The van der Waals surface area contributed by atoms with E-state index in [-0.39, 0.29) is 6.03 Å². The van der Waals surface area contributed by atoms with Crippen LogP contribution < -0.4 is 15.4 Å². The Morgan fingerprint density at radius 3 is 2.68 bits per heavy atom. The topological polar surface area (TPSA) is 89.3 Å². The maximum atomic E-state index is 11.8. The molecule has 0 atom stereocenters. The zero-order valence-corrected chi connectivity index (χ0v) is 13.7. The lowest BCUT2D eigenvalue weighted by atomic mass is 10.2. The molecule has 0 fully saturated rings. The Hall–Kier alpha value is -3.35. The zero-order chi connectivity index (χ0) is 17.5. The van der Waals surface area contributed by atoms with Crippen molar-refractivity contribution in [2.24, 2.45) is 0 Å². The van der Waals surface area contributed by atoms with E-state index in [4.69, 9.17) is 9.26 Å². The number of carbonyl (C=O) groups is 1. The minimum Gasteiger partial charge on any atom is -0.496 e. The predicted molar refractivity (Wildman–Crippen MR) is 93.5 cm³/mol. The number of nitrogens with one attached hydrogen (secondary N) is 2. The molecule has 0 aliphatic rings. The summed E-state index contributed by atoms with van der Waals surface area (Å²) in [5, 5.41) is 9.46. The zero-order valence-electron chi connectivity index (χ0n) is 13.7. The van der Waals surface area contributed by atoms with Crippen molar-refractivity contribution in [3.8, 4) is 17.1 Å². The Labute approximate surface area is 145 Å². The molecule has 0 aliphatic carbocycles. The molecule has 0 aliphatic heterocycles. The van der Waals surface area contributed by atoms with E-state index >= 15 is 0 Å². The lowest BCUT2D eigenvalue weighted by Crippen LogP contribution is -2.30. The number of methoxy groups -OCH3 is 1. The van der Waals surface area contributed by atoms with Crippen LogP contribution in [0.1, 0.15) is 5.89 Å². The average Bonchev–Trinajstić information content (AvgIpc) is 3.11. The van der Waals surface area contributed by atoms with Gasteiger partial charge in [0.05, 0.1) is 12.7 Å². The Balaban J connectivity index is 1.53. The van der Waals surface area contributed by atoms with Crippen LogP contribution in [0.2, 0.25) is 0 Å². The normalized spacial score (nSPS) is 10.3. The molecule has 3 rings (SSSR count). The summed E-state index contributed by atoms with van der Waals surface area (Å²) in [5.41, 5.74) is 1.49. The second-order valence-corrected chi connectivity index (χ2v) is 5.21. The molecule has 0 saturated carbocycles. The predicted octanol–water partition coefficient (Wildman–Crippen LogP) is 3.11. The molecule has 2 amide bonds. The van der Waals surface area contributed by atoms with E-state index in [0.717, 1.165) is 11.3 Å². The summed E-state index contributed by atoms with van der Waals surface area (Å²) in [6.07, 6.45) is 0.435. The Morgan fingerprint density at radius 2 is 1.88 bits per heavy atom. The summed E-state index contributed by atoms with van der Waals surface area (Å²) in [6.45, 7) is 0.381. The van der Waals surface area contributed by atoms with E-state index in [9.17, 15) is 4.79 Å². The number of hydrogen-bond acceptors (Lipinski definition) is 5. The highest BCUT2D eigenvalue weighted by molar-refractivity contribution is 5.89. The molecule has 0 saturated heterocycles. The second-order valence-electron chi connectivity index (χ2n) is 5.21. The fraction of sp³-hybridized carbons (Fsp3) is 0.167. The maximum Gasteiger partial charge on any atom is 0.319 e. The molecule has 0 radical (unpaired) electrons. The van der Waals surface area contributed by atoms with Gasteiger partial charge in [-0.2, -0.15) is 4.98 Å². The highest BCUT2D eigenvalue weighted by Gasteiger charge is 2.12. The third-order valence-corrected chi connectivity index (χ3v) is 3.47. The summed E-state index contributed by atoms with van der Waals surface area (Å²) < 4.78 is 10.5. The fourth-order valence-electron chi connectivity index (χ4n) is 2.27. The molecule has 0 bridgehead atoms. The molecule has 2 N–H and O–H groups in total. The van der Waals surface area contributed by atoms with Crippen molar-refractivity contribution < 1.29 is 14.1 Å². The van der Waals surface area contributed by atoms with Gasteiger partial charge in [-0.15, -0.1) is 0 Å². The first-order valence-corrected chi connectivity index (χ1v) is 7.82. The molecule has 128 valence electrons. The van der Waals surface area contributed by atoms with E-state index in [1.54, 1.807) is 7.11 Å². The van der Waals surface area contributed by atoms with Gasteiger partial charge >= 0.3 is 6.03 Å². The number of nitrogens with zero attached hydrogens (tertiary/aromatic N) is 2. The Morgan fingerprint density at radius 1 is 1.12 bits per heavy atom. The van der Waals surface area contributed by atoms with Crippen molar-refractivity contribution in [2.45, 2.75) is 6.42 Å². The molecule has 0 unspecified atom stereocenters. The molecule has 0 spiro atoms. The number of para-hydroxylation sites is 2. The lowest BCUT2D eigenvalue weighted by molar-refractivity contribution is 0.252. The SMILES string of the molecule is COc1ccccc1-c1noc(CCNC(=O)Nc2ccccc2)n1. The molecule has 1 aromatic heterocycles. The van der Waals surface area contributed by atoms with Gasteiger partial charge in [0.15, 0.2) is 0 Å². The fourth-order valence-corrected chi connectivity index (χ4v) is 2.27. The monoisotopic (exact) mass is 338 g/mol. The molecule has 25 heavy (non-hydrogen) atoms. The van der Waals surface area contributed by atoms with Crippen molar-refractivity contribution in [1.82, 2.24) is 15.5 Å². The number of amides is 2. The lowest BCUT2D eigenvalue weighted by Gasteiger charge is -2.06. The minimum atomic E-state index is -0.282. The number of ether oxygens (including phenoxy) is 1. The smallest absolute Gasteiger partial charge is 0.319 e. The van der Waals surface area contributed by atoms with Gasteiger partial charge in [0.25, 0.3) is 0 Å². The molecule has 2 aromatic carbocycles. The van der Waals surface area contributed by atoms with Crippen molar-refractivity contribution in [2.75, 3.05) is 19.0 Å². The Bertz CT molecular complexity index is 833. The number of carbonyl (C=O) groups excluding carboxylic acids is 1. The van der Waals surface area contributed by atoms with E-state index in [2.05, 4.69) is 20.8 Å². The van der Waals surface area contributed by atoms with Crippen LogP contribution in [0.3, 0.4) is 0 Å². The standard InChI is InChI=1S/C18H18N4O3/c1-24-15-10-6-5-9-14(15)17-21-16(25-22-17)11-12-19-18(23)20-13-7-3-2-4-8-13/h2-10H,11-12H2,1H3,(H2,19,20,23). The van der Waals surface area contributed by atoms with E-state index in [0.29, 0.717) is 30.4 Å². The van der Waals surface area contributed by atoms with Crippen molar-refractivity contribution in [3.05, 3.63) is 60.5 Å². The van der Waals surface area contributed by atoms with Crippen LogP contribution >= 0.6 is 0 Å². The first kappa shape index (κ1) is 16.5. The number of benzene rings is 2. The molecular weight excluding hydrogens is 320 g/mol. The van der Waals surface area contributed by atoms with Crippen LogP contribution in [0, 0.1) is 0 Å². The van der Waals surface area contributed by atoms with Gasteiger partial charge < -0.3 is 19.9 Å². The van der Waals surface area contributed by atoms with Crippen LogP contribution in [0.5, 0.6) is 5.75 Å². The third kappa shape index (κ3) is 4.35. The second kappa shape index (κ2) is 7.96. The maximum absolute atomic E-state index is 11.8. The van der Waals surface area contributed by atoms with E-state index in [1.807, 2.05) is 54.6 Å². The van der Waals surface area contributed by atoms with Gasteiger partial charge in [-0.25, -0.2) is 4.79 Å². The van der Waals surface area contributed by atoms with Crippen molar-refractivity contribution in [1.29, 1.82) is 0 Å². The van der Waals surface area contributed by atoms with Gasteiger partial charge in [-0.1, -0.05) is 35.5 Å². The van der Waals surface area contributed by atoms with Gasteiger partial charge in [0.1, 0.15) is 5.75 Å².